The van der Waals surface area contributed by atoms with E-state index >= 15 is 0 Å². The van der Waals surface area contributed by atoms with Gasteiger partial charge in [0.1, 0.15) is 23.7 Å². The number of nitrogen functional groups attached to an aromatic ring is 1. The summed E-state index contributed by atoms with van der Waals surface area (Å²) in [6, 6.07) is 16.1. The van der Waals surface area contributed by atoms with Crippen LogP contribution in [0.15, 0.2) is 48.5 Å². The Morgan fingerprint density at radius 1 is 1.03 bits per heavy atom. The zero-order valence-electron chi connectivity index (χ0n) is 16.8. The molecule has 0 bridgehead atoms. The fourth-order valence-corrected chi connectivity index (χ4v) is 3.69. The Bertz CT molecular complexity index is 1120. The number of pyridine rings is 1. The van der Waals surface area contributed by atoms with Crippen LogP contribution in [-0.2, 0) is 19.6 Å². The number of aryl methyl sites for hydroxylation is 2. The standard InChI is InChI=1S/C23H27N5O/c1-2-20-27-21-22(28(20)13-7-6-12-24)18-11-10-17(14-19(18)26-23(21)25)29-15-16-8-4-3-5-9-16/h3-5,8-11,14H,2,6-7,12-13,15,24H2,1H3,(H2,25,26). The second-order valence-electron chi connectivity index (χ2n) is 7.18. The van der Waals surface area contributed by atoms with Crippen LogP contribution in [0.25, 0.3) is 21.9 Å². The van der Waals surface area contributed by atoms with Crippen molar-refractivity contribution in [3.8, 4) is 5.75 Å². The van der Waals surface area contributed by atoms with E-state index < -0.39 is 0 Å². The van der Waals surface area contributed by atoms with Gasteiger partial charge in [-0.3, -0.25) is 0 Å². The Hall–Kier alpha value is -3.12. The number of hydrogen-bond donors (Lipinski definition) is 2. The molecule has 0 saturated carbocycles. The second kappa shape index (κ2) is 8.49. The molecule has 0 radical (unpaired) electrons. The molecule has 4 rings (SSSR count). The average molecular weight is 390 g/mol. The summed E-state index contributed by atoms with van der Waals surface area (Å²) in [6.45, 7) is 4.20. The maximum atomic E-state index is 6.28. The van der Waals surface area contributed by atoms with Gasteiger partial charge in [-0.15, -0.1) is 0 Å². The molecule has 0 fully saturated rings. The minimum Gasteiger partial charge on any atom is -0.489 e. The summed E-state index contributed by atoms with van der Waals surface area (Å²) in [5.74, 6) is 2.26. The first-order chi connectivity index (χ1) is 14.2. The molecule has 0 aliphatic carbocycles. The first kappa shape index (κ1) is 19.2. The van der Waals surface area contributed by atoms with E-state index in [1.165, 1.54) is 0 Å². The predicted octanol–water partition coefficient (Wildman–Crippen LogP) is 4.05. The van der Waals surface area contributed by atoms with Crippen LogP contribution >= 0.6 is 0 Å². The third-order valence-corrected chi connectivity index (χ3v) is 5.15. The van der Waals surface area contributed by atoms with E-state index in [0.29, 0.717) is 19.0 Å². The summed E-state index contributed by atoms with van der Waals surface area (Å²) in [7, 11) is 0. The van der Waals surface area contributed by atoms with E-state index in [1.807, 2.05) is 42.5 Å². The predicted molar refractivity (Wildman–Crippen MR) is 118 cm³/mol. The van der Waals surface area contributed by atoms with Crippen LogP contribution in [-0.4, -0.2) is 21.1 Å². The third-order valence-electron chi connectivity index (χ3n) is 5.15. The summed E-state index contributed by atoms with van der Waals surface area (Å²) in [6.07, 6.45) is 2.84. The maximum Gasteiger partial charge on any atom is 0.152 e. The molecule has 0 aliphatic heterocycles. The van der Waals surface area contributed by atoms with Gasteiger partial charge in [0.25, 0.3) is 0 Å². The Balaban J connectivity index is 1.73. The molecule has 0 unspecified atom stereocenters. The lowest BCUT2D eigenvalue weighted by Gasteiger charge is -2.11. The summed E-state index contributed by atoms with van der Waals surface area (Å²) in [5.41, 5.74) is 15.7. The van der Waals surface area contributed by atoms with Crippen molar-refractivity contribution < 1.29 is 4.74 Å². The van der Waals surface area contributed by atoms with Gasteiger partial charge in [-0.2, -0.15) is 0 Å². The normalized spacial score (nSPS) is 11.4. The van der Waals surface area contributed by atoms with E-state index in [0.717, 1.165) is 64.9 Å². The SMILES string of the molecule is CCc1nc2c(N)nc3cc(OCc4ccccc4)ccc3c2n1CCCCN. The van der Waals surface area contributed by atoms with Crippen molar-refractivity contribution in [1.29, 1.82) is 0 Å². The minimum absolute atomic E-state index is 0.458. The molecule has 0 spiro atoms. The highest BCUT2D eigenvalue weighted by Gasteiger charge is 2.16. The molecule has 2 heterocycles. The van der Waals surface area contributed by atoms with Crippen LogP contribution in [0.5, 0.6) is 5.75 Å². The molecule has 4 aromatic rings. The minimum atomic E-state index is 0.458. The second-order valence-corrected chi connectivity index (χ2v) is 7.18. The molecule has 150 valence electrons. The van der Waals surface area contributed by atoms with Gasteiger partial charge in [-0.05, 0) is 37.1 Å². The number of nitrogens with two attached hydrogens (primary N) is 2. The number of imidazole rings is 1. The Kier molecular flexibility index (Phi) is 5.62. The van der Waals surface area contributed by atoms with E-state index in [-0.39, 0.29) is 0 Å². The Morgan fingerprint density at radius 2 is 1.86 bits per heavy atom. The average Bonchev–Trinajstić information content (AvgIpc) is 3.12. The number of hydrogen-bond acceptors (Lipinski definition) is 5. The number of aromatic nitrogens is 3. The van der Waals surface area contributed by atoms with Crippen molar-refractivity contribution in [3.05, 3.63) is 59.9 Å². The molecule has 0 aliphatic rings. The lowest BCUT2D eigenvalue weighted by atomic mass is 10.1. The first-order valence-electron chi connectivity index (χ1n) is 10.2. The van der Waals surface area contributed by atoms with Crippen LogP contribution in [0.2, 0.25) is 0 Å². The summed E-state index contributed by atoms with van der Waals surface area (Å²) < 4.78 is 8.24. The van der Waals surface area contributed by atoms with E-state index in [2.05, 4.69) is 22.5 Å². The third kappa shape index (κ3) is 3.89. The molecule has 29 heavy (non-hydrogen) atoms. The zero-order chi connectivity index (χ0) is 20.2. The highest BCUT2D eigenvalue weighted by Crippen LogP contribution is 2.31. The molecule has 0 amide bonds. The van der Waals surface area contributed by atoms with Gasteiger partial charge in [-0.25, -0.2) is 9.97 Å². The van der Waals surface area contributed by atoms with Crippen molar-refractivity contribution >= 4 is 27.8 Å². The van der Waals surface area contributed by atoms with Crippen LogP contribution in [0.3, 0.4) is 0 Å². The molecule has 2 aromatic carbocycles. The monoisotopic (exact) mass is 389 g/mol. The quantitative estimate of drug-likeness (QED) is 0.444. The van der Waals surface area contributed by atoms with Gasteiger partial charge in [0.05, 0.1) is 11.0 Å². The van der Waals surface area contributed by atoms with Gasteiger partial charge >= 0.3 is 0 Å². The van der Waals surface area contributed by atoms with Gasteiger partial charge in [0, 0.05) is 24.4 Å². The summed E-state index contributed by atoms with van der Waals surface area (Å²) in [5, 5.41) is 1.04. The van der Waals surface area contributed by atoms with Crippen molar-refractivity contribution in [1.82, 2.24) is 14.5 Å². The lowest BCUT2D eigenvalue weighted by Crippen LogP contribution is -2.06. The number of nitrogens with zero attached hydrogens (tertiary/aromatic N) is 3. The van der Waals surface area contributed by atoms with Gasteiger partial charge in [0.2, 0.25) is 0 Å². The van der Waals surface area contributed by atoms with E-state index in [9.17, 15) is 0 Å². The highest BCUT2D eigenvalue weighted by atomic mass is 16.5. The molecule has 2 aromatic heterocycles. The summed E-state index contributed by atoms with van der Waals surface area (Å²) in [4.78, 5) is 9.38. The van der Waals surface area contributed by atoms with Crippen LogP contribution in [0.1, 0.15) is 31.2 Å². The number of ether oxygens (including phenoxy) is 1. The lowest BCUT2D eigenvalue weighted by molar-refractivity contribution is 0.306. The highest BCUT2D eigenvalue weighted by molar-refractivity contribution is 6.06. The van der Waals surface area contributed by atoms with Crippen molar-refractivity contribution in [2.24, 2.45) is 5.73 Å². The van der Waals surface area contributed by atoms with Crippen LogP contribution in [0, 0.1) is 0 Å². The zero-order valence-corrected chi connectivity index (χ0v) is 16.8. The van der Waals surface area contributed by atoms with Gasteiger partial charge < -0.3 is 20.8 Å². The number of unbranched alkanes of at least 4 members (excludes halogenated alkanes) is 1. The fraction of sp³-hybridized carbons (Fsp3) is 0.304. The van der Waals surface area contributed by atoms with Gasteiger partial charge in [-0.1, -0.05) is 37.3 Å². The summed E-state index contributed by atoms with van der Waals surface area (Å²) >= 11 is 0. The maximum absolute atomic E-state index is 6.28. The van der Waals surface area contributed by atoms with Crippen molar-refractivity contribution in [2.75, 3.05) is 12.3 Å². The van der Waals surface area contributed by atoms with Gasteiger partial charge in [0.15, 0.2) is 5.82 Å². The smallest absolute Gasteiger partial charge is 0.152 e. The first-order valence-corrected chi connectivity index (χ1v) is 10.2. The van der Waals surface area contributed by atoms with E-state index in [4.69, 9.17) is 21.2 Å². The molecule has 0 saturated heterocycles. The molecule has 4 N–H and O–H groups in total. The number of benzene rings is 2. The van der Waals surface area contributed by atoms with Crippen molar-refractivity contribution in [2.45, 2.75) is 39.3 Å². The van der Waals surface area contributed by atoms with Crippen LogP contribution in [0.4, 0.5) is 5.82 Å². The van der Waals surface area contributed by atoms with E-state index in [1.54, 1.807) is 0 Å². The molecular formula is C23H27N5O. The largest absolute Gasteiger partial charge is 0.489 e. The Labute approximate surface area is 170 Å². The number of anilines is 1. The molecule has 0 atom stereocenters. The Morgan fingerprint density at radius 3 is 2.62 bits per heavy atom. The number of rotatable bonds is 8. The fourth-order valence-electron chi connectivity index (χ4n) is 3.69. The topological polar surface area (TPSA) is 92.0 Å². The van der Waals surface area contributed by atoms with Crippen molar-refractivity contribution in [3.63, 3.8) is 0 Å². The molecular weight excluding hydrogens is 362 g/mol. The molecule has 6 nitrogen and oxygen atoms in total. The molecule has 6 heteroatoms. The number of fused-ring (bicyclic) bond motifs is 3. The van der Waals surface area contributed by atoms with Crippen LogP contribution < -0.4 is 16.2 Å².